The van der Waals surface area contributed by atoms with Gasteiger partial charge in [-0.2, -0.15) is 18.3 Å². The van der Waals surface area contributed by atoms with Crippen LogP contribution in [0.5, 0.6) is 0 Å². The Balaban J connectivity index is 2.48. The molecule has 0 N–H and O–H groups in total. The Hall–Kier alpha value is -1.61. The van der Waals surface area contributed by atoms with Crippen LogP contribution in [0.1, 0.15) is 11.3 Å². The molecule has 10 heteroatoms. The lowest BCUT2D eigenvalue weighted by molar-refractivity contribution is -0.388. The van der Waals surface area contributed by atoms with Crippen LogP contribution in [0.2, 0.25) is 5.15 Å². The van der Waals surface area contributed by atoms with Gasteiger partial charge in [-0.15, -0.1) is 0 Å². The van der Waals surface area contributed by atoms with Crippen molar-refractivity contribution in [3.8, 4) is 0 Å². The van der Waals surface area contributed by atoms with Crippen molar-refractivity contribution in [2.24, 2.45) is 0 Å². The molecule has 0 atom stereocenters. The van der Waals surface area contributed by atoms with E-state index in [9.17, 15) is 23.3 Å². The molecule has 0 aliphatic heterocycles. The molecule has 0 bridgehead atoms. The molecule has 21 heavy (non-hydrogen) atoms. The number of nitrogens with zero attached hydrogens (tertiary/aromatic N) is 3. The topological polar surface area (TPSA) is 61.0 Å². The summed E-state index contributed by atoms with van der Waals surface area (Å²) < 4.78 is 39.7. The van der Waals surface area contributed by atoms with Crippen LogP contribution in [0.15, 0.2) is 28.7 Å². The molecule has 0 spiro atoms. The first-order chi connectivity index (χ1) is 9.70. The number of hydrogen-bond donors (Lipinski definition) is 0. The molecule has 0 aliphatic carbocycles. The molecule has 112 valence electrons. The zero-order chi connectivity index (χ0) is 15.8. The van der Waals surface area contributed by atoms with Crippen LogP contribution in [0.4, 0.5) is 18.9 Å². The quantitative estimate of drug-likeness (QED) is 0.586. The molecule has 2 aromatic rings. The first-order valence-electron chi connectivity index (χ1n) is 5.42. The molecular weight excluding hydrogens is 378 g/mol. The molecular formula is C11H6BrClF3N3O2. The molecule has 0 saturated carbocycles. The molecule has 0 radical (unpaired) electrons. The standard InChI is InChI=1S/C11H6BrClF3N3O2/c12-7-3-1-2-6(4-7)5-18-10(13)8(19(20)21)9(17-18)11(14,15)16/h1-4H,5H2. The van der Waals surface area contributed by atoms with Crippen molar-refractivity contribution < 1.29 is 18.1 Å². The maximum absolute atomic E-state index is 12.8. The predicted octanol–water partition coefficient (Wildman–Crippen LogP) is 4.27. The second kappa shape index (κ2) is 5.64. The van der Waals surface area contributed by atoms with Crippen LogP contribution in [0, 0.1) is 10.1 Å². The SMILES string of the molecule is O=[N+]([O-])c1c(C(F)(F)F)nn(Cc2cccc(Br)c2)c1Cl. The van der Waals surface area contributed by atoms with Crippen molar-refractivity contribution in [2.45, 2.75) is 12.7 Å². The third-order valence-electron chi connectivity index (χ3n) is 2.54. The maximum Gasteiger partial charge on any atom is 0.442 e. The highest BCUT2D eigenvalue weighted by atomic mass is 79.9. The van der Waals surface area contributed by atoms with Crippen molar-refractivity contribution >= 4 is 33.2 Å². The van der Waals surface area contributed by atoms with E-state index in [4.69, 9.17) is 11.6 Å². The Morgan fingerprint density at radius 2 is 2.10 bits per heavy atom. The third kappa shape index (κ3) is 3.35. The van der Waals surface area contributed by atoms with Gasteiger partial charge < -0.3 is 0 Å². The molecule has 0 amide bonds. The zero-order valence-electron chi connectivity index (χ0n) is 10.1. The van der Waals surface area contributed by atoms with Crippen LogP contribution in [-0.4, -0.2) is 14.7 Å². The maximum atomic E-state index is 12.8. The lowest BCUT2D eigenvalue weighted by atomic mass is 10.2. The van der Waals surface area contributed by atoms with Gasteiger partial charge in [-0.05, 0) is 17.7 Å². The van der Waals surface area contributed by atoms with Gasteiger partial charge in [-0.3, -0.25) is 10.1 Å². The van der Waals surface area contributed by atoms with Gasteiger partial charge in [0.05, 0.1) is 11.5 Å². The van der Waals surface area contributed by atoms with Crippen LogP contribution < -0.4 is 0 Å². The number of alkyl halides is 3. The van der Waals surface area contributed by atoms with Gasteiger partial charge in [0.15, 0.2) is 0 Å². The average Bonchev–Trinajstić information content (AvgIpc) is 2.67. The van der Waals surface area contributed by atoms with Crippen molar-refractivity contribution in [3.05, 3.63) is 55.3 Å². The number of hydrogen-bond acceptors (Lipinski definition) is 3. The number of benzene rings is 1. The highest BCUT2D eigenvalue weighted by Crippen LogP contribution is 2.39. The molecule has 1 heterocycles. The Bertz CT molecular complexity index is 703. The average molecular weight is 385 g/mol. The van der Waals surface area contributed by atoms with E-state index >= 15 is 0 Å². The van der Waals surface area contributed by atoms with E-state index in [1.165, 1.54) is 0 Å². The van der Waals surface area contributed by atoms with Crippen LogP contribution >= 0.6 is 27.5 Å². The molecule has 0 saturated heterocycles. The minimum atomic E-state index is -4.95. The van der Waals surface area contributed by atoms with E-state index in [1.807, 2.05) is 0 Å². The summed E-state index contributed by atoms with van der Waals surface area (Å²) in [6.45, 7) is -0.116. The van der Waals surface area contributed by atoms with Gasteiger partial charge in [0.1, 0.15) is 0 Å². The molecule has 0 unspecified atom stereocenters. The zero-order valence-corrected chi connectivity index (χ0v) is 12.4. The second-order valence-electron chi connectivity index (χ2n) is 4.03. The lowest BCUT2D eigenvalue weighted by Gasteiger charge is -2.03. The van der Waals surface area contributed by atoms with Gasteiger partial charge in [0.2, 0.25) is 10.8 Å². The van der Waals surface area contributed by atoms with Gasteiger partial charge in [-0.25, -0.2) is 4.68 Å². The van der Waals surface area contributed by atoms with E-state index in [-0.39, 0.29) is 6.54 Å². The fourth-order valence-corrected chi connectivity index (χ4v) is 2.40. The Morgan fingerprint density at radius 1 is 1.43 bits per heavy atom. The summed E-state index contributed by atoms with van der Waals surface area (Å²) in [5.41, 5.74) is -2.25. The normalized spacial score (nSPS) is 11.7. The fourth-order valence-electron chi connectivity index (χ4n) is 1.70. The Labute approximate surface area is 129 Å². The number of nitro groups is 1. The molecule has 5 nitrogen and oxygen atoms in total. The molecule has 1 aromatic heterocycles. The highest BCUT2D eigenvalue weighted by molar-refractivity contribution is 9.10. The summed E-state index contributed by atoms with van der Waals surface area (Å²) in [5.74, 6) is 0. The number of aromatic nitrogens is 2. The highest BCUT2D eigenvalue weighted by Gasteiger charge is 2.44. The monoisotopic (exact) mass is 383 g/mol. The summed E-state index contributed by atoms with van der Waals surface area (Å²) in [6, 6.07) is 6.70. The van der Waals surface area contributed by atoms with Crippen molar-refractivity contribution in [2.75, 3.05) is 0 Å². The van der Waals surface area contributed by atoms with Crippen molar-refractivity contribution in [1.29, 1.82) is 0 Å². The Kier molecular flexibility index (Phi) is 4.24. The smallest absolute Gasteiger partial charge is 0.258 e. The number of rotatable bonds is 3. The molecule has 0 aliphatic rings. The van der Waals surface area contributed by atoms with Crippen LogP contribution in [-0.2, 0) is 12.7 Å². The first kappa shape index (κ1) is 15.8. The van der Waals surface area contributed by atoms with Crippen molar-refractivity contribution in [3.63, 3.8) is 0 Å². The van der Waals surface area contributed by atoms with Crippen molar-refractivity contribution in [1.82, 2.24) is 9.78 Å². The Morgan fingerprint density at radius 3 is 2.57 bits per heavy atom. The molecule has 2 rings (SSSR count). The van der Waals surface area contributed by atoms with Gasteiger partial charge in [-0.1, -0.05) is 39.7 Å². The first-order valence-corrected chi connectivity index (χ1v) is 6.59. The summed E-state index contributed by atoms with van der Waals surface area (Å²) in [7, 11) is 0. The van der Waals surface area contributed by atoms with E-state index in [2.05, 4.69) is 21.0 Å². The predicted molar refractivity (Wildman–Crippen MR) is 72.1 cm³/mol. The minimum Gasteiger partial charge on any atom is -0.258 e. The molecule has 0 fully saturated rings. The summed E-state index contributed by atoms with van der Waals surface area (Å²) in [4.78, 5) is 9.58. The van der Waals surface area contributed by atoms with Crippen LogP contribution in [0.3, 0.4) is 0 Å². The van der Waals surface area contributed by atoms with E-state index in [0.29, 0.717) is 10.0 Å². The number of halogens is 5. The fraction of sp³-hybridized carbons (Fsp3) is 0.182. The van der Waals surface area contributed by atoms with E-state index < -0.39 is 27.6 Å². The van der Waals surface area contributed by atoms with Gasteiger partial charge >= 0.3 is 11.9 Å². The summed E-state index contributed by atoms with van der Waals surface area (Å²) >= 11 is 8.89. The summed E-state index contributed by atoms with van der Waals surface area (Å²) in [5, 5.41) is 13.3. The second-order valence-corrected chi connectivity index (χ2v) is 5.30. The van der Waals surface area contributed by atoms with E-state index in [1.54, 1.807) is 24.3 Å². The molecule has 1 aromatic carbocycles. The third-order valence-corrected chi connectivity index (χ3v) is 3.41. The van der Waals surface area contributed by atoms with E-state index in [0.717, 1.165) is 4.68 Å². The lowest BCUT2D eigenvalue weighted by Crippen LogP contribution is -2.10. The minimum absolute atomic E-state index is 0.116. The van der Waals surface area contributed by atoms with Gasteiger partial charge in [0.25, 0.3) is 0 Å². The van der Waals surface area contributed by atoms with Crippen LogP contribution in [0.25, 0.3) is 0 Å². The summed E-state index contributed by atoms with van der Waals surface area (Å²) in [6.07, 6.45) is -4.95. The van der Waals surface area contributed by atoms with Gasteiger partial charge in [0, 0.05) is 4.47 Å². The largest absolute Gasteiger partial charge is 0.442 e.